The van der Waals surface area contributed by atoms with Crippen LogP contribution in [0.5, 0.6) is 23.0 Å². The minimum atomic E-state index is -4.46. The van der Waals surface area contributed by atoms with E-state index in [-0.39, 0.29) is 192 Å². The van der Waals surface area contributed by atoms with Crippen LogP contribution in [0.4, 0.5) is 0 Å². The van der Waals surface area contributed by atoms with Crippen LogP contribution < -0.4 is 37.8 Å². The molecule has 0 unspecified atom stereocenters. The third kappa shape index (κ3) is 16.7. The van der Waals surface area contributed by atoms with Crippen molar-refractivity contribution in [3.8, 4) is 23.0 Å². The van der Waals surface area contributed by atoms with Crippen LogP contribution in [0.2, 0.25) is 0 Å². The lowest BCUT2D eigenvalue weighted by atomic mass is 9.91. The van der Waals surface area contributed by atoms with Crippen LogP contribution in [0.15, 0.2) is 68.1 Å². The molecule has 1 aliphatic rings. The number of methoxy groups -OCH3 is 4. The Balaban J connectivity index is 2.10. The van der Waals surface area contributed by atoms with Crippen molar-refractivity contribution in [2.45, 2.75) is 45.3 Å². The topological polar surface area (TPSA) is 339 Å². The normalized spacial score (nSPS) is 13.2. The van der Waals surface area contributed by atoms with Gasteiger partial charge in [0.25, 0.3) is 0 Å². The highest BCUT2D eigenvalue weighted by molar-refractivity contribution is 7.90. The number of fused-ring (bicyclic) bond motifs is 8. The fraction of sp³-hybridized carbons (Fsp3) is 0.500. The predicted octanol–water partition coefficient (Wildman–Crippen LogP) is -0.454. The van der Waals surface area contributed by atoms with E-state index < -0.39 is 66.5 Å². The molecule has 0 saturated heterocycles. The zero-order valence-corrected chi connectivity index (χ0v) is 46.0. The first-order chi connectivity index (χ1) is 36.3. The summed E-state index contributed by atoms with van der Waals surface area (Å²) >= 11 is 0. The second-order valence-corrected chi connectivity index (χ2v) is 23.9. The van der Waals surface area contributed by atoms with Gasteiger partial charge in [0, 0.05) is 125 Å². The summed E-state index contributed by atoms with van der Waals surface area (Å²) in [6.45, 7) is -3.99. The number of rotatable bonds is 32. The van der Waals surface area contributed by atoms with Crippen molar-refractivity contribution in [2.75, 3.05) is 134 Å². The van der Waals surface area contributed by atoms with E-state index >= 15 is 0 Å². The monoisotopic (exact) mass is 1150 g/mol. The molecule has 0 spiro atoms. The van der Waals surface area contributed by atoms with Crippen LogP contribution in [0.25, 0.3) is 0 Å². The van der Waals surface area contributed by atoms with Crippen LogP contribution >= 0.6 is 0 Å². The fourth-order valence-electron chi connectivity index (χ4n) is 8.08. The number of hydrogen-bond donors (Lipinski definition) is 8. The highest BCUT2D eigenvalue weighted by atomic mass is 32.2. The molecule has 0 aliphatic heterocycles. The summed E-state index contributed by atoms with van der Waals surface area (Å²) in [5.74, 6) is 0.339. The average Bonchev–Trinajstić information content (AvgIpc) is 3.38. The Morgan fingerprint density at radius 1 is 0.329 bits per heavy atom. The highest BCUT2D eigenvalue weighted by Gasteiger charge is 2.30. The van der Waals surface area contributed by atoms with Gasteiger partial charge in [-0.2, -0.15) is 0 Å². The standard InChI is InChI=1S/C48H68N4O20S4/c1-65-13-17-69-45-33-21-35-27-42(74(59,60)50-6-10-54)29-37(46(35)70-18-14-66-2)23-39-31-44(76(63,64)52-8-12-56)32-40(48(39)72-20-16-68-4)24-38-30-43(75(61,62)51-7-11-55)28-36(47(38)71-19-15-67-3)22-34(45)26-41(25-33)73(57,58)49-5-9-53/h25-32,49-56H,5-24H2,1-4H3. The van der Waals surface area contributed by atoms with E-state index in [1.165, 1.54) is 77.0 Å². The molecule has 0 heterocycles. The summed E-state index contributed by atoms with van der Waals surface area (Å²) < 4.78 is 170. The van der Waals surface area contributed by atoms with Gasteiger partial charge in [-0.05, 0) is 48.5 Å². The summed E-state index contributed by atoms with van der Waals surface area (Å²) in [7, 11) is -12.1. The van der Waals surface area contributed by atoms with Gasteiger partial charge < -0.3 is 58.3 Å². The summed E-state index contributed by atoms with van der Waals surface area (Å²) in [5.41, 5.74) is 1.18. The molecule has 0 atom stereocenters. The smallest absolute Gasteiger partial charge is 0.240 e. The van der Waals surface area contributed by atoms with Crippen molar-refractivity contribution in [2.24, 2.45) is 0 Å². The molecule has 28 heteroatoms. The van der Waals surface area contributed by atoms with Gasteiger partial charge in [-0.3, -0.25) is 0 Å². The van der Waals surface area contributed by atoms with Crippen molar-refractivity contribution in [1.29, 1.82) is 0 Å². The molecule has 424 valence electrons. The zero-order valence-electron chi connectivity index (χ0n) is 42.7. The van der Waals surface area contributed by atoms with Crippen LogP contribution in [0, 0.1) is 0 Å². The molecule has 1 aliphatic carbocycles. The van der Waals surface area contributed by atoms with Crippen molar-refractivity contribution < 1.29 is 92.0 Å². The third-order valence-electron chi connectivity index (χ3n) is 11.4. The molecule has 8 bridgehead atoms. The number of aliphatic hydroxyl groups excluding tert-OH is 4. The van der Waals surface area contributed by atoms with E-state index in [4.69, 9.17) is 37.9 Å². The molecular formula is C48H68N4O20S4. The van der Waals surface area contributed by atoms with Crippen LogP contribution in [0.1, 0.15) is 44.5 Å². The van der Waals surface area contributed by atoms with Gasteiger partial charge in [0.05, 0.1) is 72.4 Å². The van der Waals surface area contributed by atoms with E-state index in [9.17, 15) is 54.1 Å². The minimum absolute atomic E-state index is 0.0380. The van der Waals surface area contributed by atoms with Crippen molar-refractivity contribution in [3.05, 3.63) is 93.0 Å². The molecule has 0 radical (unpaired) electrons. The van der Waals surface area contributed by atoms with Gasteiger partial charge in [-0.15, -0.1) is 0 Å². The third-order valence-corrected chi connectivity index (χ3v) is 17.1. The van der Waals surface area contributed by atoms with Crippen molar-refractivity contribution in [1.82, 2.24) is 18.9 Å². The maximum absolute atomic E-state index is 14.2. The Morgan fingerprint density at radius 3 is 0.645 bits per heavy atom. The number of aliphatic hydroxyl groups is 4. The van der Waals surface area contributed by atoms with Gasteiger partial charge in [0.2, 0.25) is 40.1 Å². The Hall–Kier alpha value is -4.60. The largest absolute Gasteiger partial charge is 0.491 e. The molecular weight excluding hydrogens is 1080 g/mol. The SMILES string of the molecule is COCCOc1c2cc(S(=O)(=O)NCCO)cc1Cc1cc(S(=O)(=O)NCCO)cc(c1OCCOC)Cc1cc(S(=O)(=O)NCCO)cc(c1OCCOC)Cc1cc(S(=O)(=O)NCCO)cc(c1OCCOC)C2. The number of sulfonamides is 4. The van der Waals surface area contributed by atoms with Crippen molar-refractivity contribution >= 4 is 40.1 Å². The Labute approximate surface area is 444 Å². The van der Waals surface area contributed by atoms with Gasteiger partial charge in [0.15, 0.2) is 0 Å². The summed E-state index contributed by atoms with van der Waals surface area (Å²) in [6, 6.07) is 10.5. The number of benzene rings is 4. The molecule has 0 saturated carbocycles. The lowest BCUT2D eigenvalue weighted by Crippen LogP contribution is -2.27. The first-order valence-electron chi connectivity index (χ1n) is 23.9. The van der Waals surface area contributed by atoms with E-state index in [1.54, 1.807) is 0 Å². The zero-order chi connectivity index (χ0) is 55.5. The molecule has 4 aromatic carbocycles. The number of hydrogen-bond acceptors (Lipinski definition) is 20. The second-order valence-electron chi connectivity index (χ2n) is 16.8. The van der Waals surface area contributed by atoms with Gasteiger partial charge in [0.1, 0.15) is 49.4 Å². The van der Waals surface area contributed by atoms with E-state index in [0.29, 0.717) is 0 Å². The van der Waals surface area contributed by atoms with Crippen LogP contribution in [-0.4, -0.2) is 188 Å². The molecule has 5 rings (SSSR count). The minimum Gasteiger partial charge on any atom is -0.491 e. The van der Waals surface area contributed by atoms with E-state index in [1.807, 2.05) is 0 Å². The first kappa shape index (κ1) is 62.2. The van der Waals surface area contributed by atoms with Crippen molar-refractivity contribution in [3.63, 3.8) is 0 Å². The molecule has 76 heavy (non-hydrogen) atoms. The second kappa shape index (κ2) is 29.4. The summed E-state index contributed by atoms with van der Waals surface area (Å²) in [6.07, 6.45) is -1.33. The Kier molecular flexibility index (Phi) is 24.1. The van der Waals surface area contributed by atoms with Crippen LogP contribution in [0.3, 0.4) is 0 Å². The van der Waals surface area contributed by atoms with Crippen LogP contribution in [-0.2, 0) is 84.7 Å². The van der Waals surface area contributed by atoms with Gasteiger partial charge in [-0.25, -0.2) is 52.6 Å². The van der Waals surface area contributed by atoms with Gasteiger partial charge in [-0.1, -0.05) is 0 Å². The highest BCUT2D eigenvalue weighted by Crippen LogP contribution is 2.42. The molecule has 0 amide bonds. The fourth-order valence-corrected chi connectivity index (χ4v) is 12.6. The maximum atomic E-state index is 14.2. The number of ether oxygens (including phenoxy) is 8. The number of nitrogens with one attached hydrogen (secondary N) is 4. The lowest BCUT2D eigenvalue weighted by Gasteiger charge is -2.25. The average molecular weight is 1150 g/mol. The quantitative estimate of drug-likeness (QED) is 0.0253. The molecule has 4 aromatic rings. The van der Waals surface area contributed by atoms with E-state index in [2.05, 4.69) is 18.9 Å². The maximum Gasteiger partial charge on any atom is 0.240 e. The first-order valence-corrected chi connectivity index (χ1v) is 29.8. The molecule has 0 aromatic heterocycles. The molecule has 24 nitrogen and oxygen atoms in total. The Bertz CT molecular complexity index is 2530. The molecule has 0 fully saturated rings. The molecule has 8 N–H and O–H groups in total. The summed E-state index contributed by atoms with van der Waals surface area (Å²) in [5, 5.41) is 38.8. The Morgan fingerprint density at radius 2 is 0.500 bits per heavy atom. The predicted molar refractivity (Wildman–Crippen MR) is 276 cm³/mol. The summed E-state index contributed by atoms with van der Waals surface area (Å²) in [4.78, 5) is -1.30. The lowest BCUT2D eigenvalue weighted by molar-refractivity contribution is 0.144. The van der Waals surface area contributed by atoms with Gasteiger partial charge >= 0.3 is 0 Å². The van der Waals surface area contributed by atoms with E-state index in [0.717, 1.165) is 0 Å².